The van der Waals surface area contributed by atoms with Gasteiger partial charge < -0.3 is 9.15 Å². The van der Waals surface area contributed by atoms with E-state index in [1.165, 1.54) is 32.1 Å². The third-order valence-electron chi connectivity index (χ3n) is 3.08. The quantitative estimate of drug-likeness (QED) is 0.427. The monoisotopic (exact) mass is 298 g/mol. The highest BCUT2D eigenvalue weighted by molar-refractivity contribution is 7.99. The molecule has 1 aromatic heterocycles. The summed E-state index contributed by atoms with van der Waals surface area (Å²) in [6, 6.07) is 3.81. The first-order chi connectivity index (χ1) is 9.77. The molecule has 3 nitrogen and oxygen atoms in total. The summed E-state index contributed by atoms with van der Waals surface area (Å²) in [6.07, 6.45) is 8.41. The molecule has 0 aliphatic rings. The zero-order valence-corrected chi connectivity index (χ0v) is 13.4. The zero-order valence-electron chi connectivity index (χ0n) is 12.6. The van der Waals surface area contributed by atoms with Gasteiger partial charge in [-0.1, -0.05) is 32.6 Å². The van der Waals surface area contributed by atoms with Gasteiger partial charge in [-0.3, -0.25) is 4.79 Å². The molecule has 4 heteroatoms. The summed E-state index contributed by atoms with van der Waals surface area (Å²) in [5, 5.41) is 0.0789. The predicted molar refractivity (Wildman–Crippen MR) is 83.9 cm³/mol. The first-order valence-corrected chi connectivity index (χ1v) is 8.63. The van der Waals surface area contributed by atoms with Crippen LogP contribution in [0.3, 0.4) is 0 Å². The predicted octanol–water partition coefficient (Wildman–Crippen LogP) is 4.98. The van der Waals surface area contributed by atoms with Crippen molar-refractivity contribution in [2.75, 3.05) is 12.4 Å². The van der Waals surface area contributed by atoms with Crippen LogP contribution < -0.4 is 0 Å². The summed E-state index contributed by atoms with van der Waals surface area (Å²) in [7, 11) is 0. The van der Waals surface area contributed by atoms with Gasteiger partial charge in [-0.15, -0.1) is 11.8 Å². The maximum atomic E-state index is 11.6. The normalized spacial score (nSPS) is 12.3. The van der Waals surface area contributed by atoms with Crippen LogP contribution in [-0.2, 0) is 9.53 Å². The molecular weight excluding hydrogens is 272 g/mol. The second-order valence-corrected chi connectivity index (χ2v) is 6.11. The molecule has 0 aliphatic heterocycles. The number of furan rings is 1. The largest absolute Gasteiger partial charge is 0.468 e. The van der Waals surface area contributed by atoms with E-state index in [0.29, 0.717) is 13.0 Å². The second kappa shape index (κ2) is 10.8. The Morgan fingerprint density at radius 3 is 2.75 bits per heavy atom. The number of rotatable bonds is 11. The van der Waals surface area contributed by atoms with Crippen LogP contribution in [0.4, 0.5) is 0 Å². The highest BCUT2D eigenvalue weighted by Crippen LogP contribution is 2.33. The number of hydrogen-bond donors (Lipinski definition) is 0. The first kappa shape index (κ1) is 17.2. The smallest absolute Gasteiger partial charge is 0.307 e. The van der Waals surface area contributed by atoms with Crippen molar-refractivity contribution in [2.45, 2.75) is 57.6 Å². The SMILES string of the molecule is CCCCCCCSC(CC(=O)OCC)c1ccco1. The summed E-state index contributed by atoms with van der Waals surface area (Å²) >= 11 is 1.80. The van der Waals surface area contributed by atoms with Gasteiger partial charge in [0.15, 0.2) is 0 Å². The maximum Gasteiger partial charge on any atom is 0.307 e. The van der Waals surface area contributed by atoms with E-state index < -0.39 is 0 Å². The molecule has 1 atom stereocenters. The van der Waals surface area contributed by atoms with Crippen LogP contribution in [-0.4, -0.2) is 18.3 Å². The molecule has 0 aromatic carbocycles. The summed E-state index contributed by atoms with van der Waals surface area (Å²) in [4.78, 5) is 11.6. The van der Waals surface area contributed by atoms with E-state index in [0.717, 1.165) is 11.5 Å². The summed E-state index contributed by atoms with van der Waals surface area (Å²) in [5.41, 5.74) is 0. The van der Waals surface area contributed by atoms with Crippen LogP contribution in [0.5, 0.6) is 0 Å². The summed E-state index contributed by atoms with van der Waals surface area (Å²) in [6.45, 7) is 4.49. The van der Waals surface area contributed by atoms with E-state index in [1.54, 1.807) is 18.0 Å². The van der Waals surface area contributed by atoms with Gasteiger partial charge in [0.25, 0.3) is 0 Å². The van der Waals surface area contributed by atoms with Crippen LogP contribution >= 0.6 is 11.8 Å². The van der Waals surface area contributed by atoms with E-state index in [2.05, 4.69) is 6.92 Å². The molecular formula is C16H26O3S. The fourth-order valence-corrected chi connectivity index (χ4v) is 3.23. The van der Waals surface area contributed by atoms with Gasteiger partial charge in [-0.05, 0) is 31.2 Å². The molecule has 20 heavy (non-hydrogen) atoms. The Bertz CT molecular complexity index is 349. The van der Waals surface area contributed by atoms with Gasteiger partial charge in [0.05, 0.1) is 24.5 Å². The fraction of sp³-hybridized carbons (Fsp3) is 0.688. The Balaban J connectivity index is 2.34. The van der Waals surface area contributed by atoms with Gasteiger partial charge in [-0.2, -0.15) is 0 Å². The highest BCUT2D eigenvalue weighted by Gasteiger charge is 2.19. The van der Waals surface area contributed by atoms with Crippen molar-refractivity contribution in [1.82, 2.24) is 0 Å². The van der Waals surface area contributed by atoms with Crippen molar-refractivity contribution in [3.8, 4) is 0 Å². The summed E-state index contributed by atoms with van der Waals surface area (Å²) in [5.74, 6) is 1.79. The van der Waals surface area contributed by atoms with Crippen molar-refractivity contribution in [3.63, 3.8) is 0 Å². The van der Waals surface area contributed by atoms with Crippen LogP contribution in [0, 0.1) is 0 Å². The molecule has 0 N–H and O–H groups in total. The highest BCUT2D eigenvalue weighted by atomic mass is 32.2. The molecule has 0 amide bonds. The van der Waals surface area contributed by atoms with Crippen LogP contribution in [0.2, 0.25) is 0 Å². The van der Waals surface area contributed by atoms with E-state index in [1.807, 2.05) is 19.1 Å². The van der Waals surface area contributed by atoms with E-state index in [4.69, 9.17) is 9.15 Å². The lowest BCUT2D eigenvalue weighted by atomic mass is 10.2. The standard InChI is InChI=1S/C16H26O3S/c1-3-5-6-7-8-12-20-15(13-16(17)18-4-2)14-10-9-11-19-14/h9-11,15H,3-8,12-13H2,1-2H3. The topological polar surface area (TPSA) is 39.4 Å². The maximum absolute atomic E-state index is 11.6. The average Bonchev–Trinajstić information content (AvgIpc) is 2.95. The Morgan fingerprint density at radius 1 is 1.30 bits per heavy atom. The van der Waals surface area contributed by atoms with Crippen LogP contribution in [0.15, 0.2) is 22.8 Å². The third kappa shape index (κ3) is 7.04. The van der Waals surface area contributed by atoms with Gasteiger partial charge in [0.2, 0.25) is 0 Å². The number of esters is 1. The molecule has 0 aliphatic carbocycles. The number of ether oxygens (including phenoxy) is 1. The fourth-order valence-electron chi connectivity index (χ4n) is 2.02. The molecule has 1 heterocycles. The lowest BCUT2D eigenvalue weighted by Crippen LogP contribution is -2.08. The number of thioether (sulfide) groups is 1. The minimum Gasteiger partial charge on any atom is -0.468 e. The van der Waals surface area contributed by atoms with E-state index >= 15 is 0 Å². The third-order valence-corrected chi connectivity index (χ3v) is 4.41. The van der Waals surface area contributed by atoms with Gasteiger partial charge in [0.1, 0.15) is 5.76 Å². The van der Waals surface area contributed by atoms with Gasteiger partial charge >= 0.3 is 5.97 Å². The van der Waals surface area contributed by atoms with E-state index in [9.17, 15) is 4.79 Å². The Labute approximate surface area is 126 Å². The second-order valence-electron chi connectivity index (χ2n) is 4.80. The molecule has 0 spiro atoms. The van der Waals surface area contributed by atoms with Crippen molar-refractivity contribution >= 4 is 17.7 Å². The number of unbranched alkanes of at least 4 members (excludes halogenated alkanes) is 4. The van der Waals surface area contributed by atoms with Crippen molar-refractivity contribution < 1.29 is 13.9 Å². The molecule has 1 aromatic rings. The van der Waals surface area contributed by atoms with Crippen molar-refractivity contribution in [2.24, 2.45) is 0 Å². The lowest BCUT2D eigenvalue weighted by molar-refractivity contribution is -0.143. The molecule has 0 bridgehead atoms. The molecule has 1 rings (SSSR count). The molecule has 114 valence electrons. The average molecular weight is 298 g/mol. The van der Waals surface area contributed by atoms with E-state index in [-0.39, 0.29) is 11.2 Å². The Kier molecular flexibility index (Phi) is 9.29. The molecule has 0 fully saturated rings. The first-order valence-electron chi connectivity index (χ1n) is 7.58. The van der Waals surface area contributed by atoms with Crippen molar-refractivity contribution in [3.05, 3.63) is 24.2 Å². The summed E-state index contributed by atoms with van der Waals surface area (Å²) < 4.78 is 10.5. The number of carbonyl (C=O) groups is 1. The van der Waals surface area contributed by atoms with Gasteiger partial charge in [0, 0.05) is 0 Å². The zero-order chi connectivity index (χ0) is 14.6. The van der Waals surface area contributed by atoms with Crippen LogP contribution in [0.1, 0.15) is 63.4 Å². The molecule has 0 saturated heterocycles. The minimum absolute atomic E-state index is 0.0789. The van der Waals surface area contributed by atoms with Crippen LogP contribution in [0.25, 0.3) is 0 Å². The number of hydrogen-bond acceptors (Lipinski definition) is 4. The van der Waals surface area contributed by atoms with Gasteiger partial charge in [-0.25, -0.2) is 0 Å². The van der Waals surface area contributed by atoms with Crippen molar-refractivity contribution in [1.29, 1.82) is 0 Å². The number of carbonyl (C=O) groups excluding carboxylic acids is 1. The molecule has 1 unspecified atom stereocenters. The molecule has 0 saturated carbocycles. The molecule has 0 radical (unpaired) electrons. The Hall–Kier alpha value is -0.900. The lowest BCUT2D eigenvalue weighted by Gasteiger charge is -2.13. The minimum atomic E-state index is -0.146. The Morgan fingerprint density at radius 2 is 2.10 bits per heavy atom.